The maximum absolute atomic E-state index is 11.2. The molecule has 0 heterocycles. The summed E-state index contributed by atoms with van der Waals surface area (Å²) in [6.07, 6.45) is -1.12. The Morgan fingerprint density at radius 1 is 1.47 bits per heavy atom. The molecule has 1 amide bonds. The van der Waals surface area contributed by atoms with Gasteiger partial charge in [0.15, 0.2) is 0 Å². The number of aliphatic hydroxyl groups excluding tert-OH is 1. The zero-order valence-corrected chi connectivity index (χ0v) is 9.70. The molecule has 1 aromatic carbocycles. The predicted molar refractivity (Wildman–Crippen MR) is 61.0 cm³/mol. The molecule has 1 atom stereocenters. The normalized spacial score (nSPS) is 12.2. The lowest BCUT2D eigenvalue weighted by Crippen LogP contribution is -2.38. The molecule has 0 radical (unpaired) electrons. The van der Waals surface area contributed by atoms with Gasteiger partial charge in [0.1, 0.15) is 6.10 Å². The zero-order chi connectivity index (χ0) is 11.3. The molecule has 0 aliphatic heterocycles. The van der Waals surface area contributed by atoms with E-state index < -0.39 is 12.0 Å². The minimum atomic E-state index is -1.12. The molecular weight excluding hydrogens is 260 g/mol. The number of hydrogen-bond acceptors (Lipinski definition) is 3. The van der Waals surface area contributed by atoms with Crippen molar-refractivity contribution < 1.29 is 9.90 Å². The van der Waals surface area contributed by atoms with Gasteiger partial charge in [-0.15, -0.1) is 0 Å². The highest BCUT2D eigenvalue weighted by molar-refractivity contribution is 9.10. The van der Waals surface area contributed by atoms with E-state index in [1.165, 1.54) is 0 Å². The summed E-state index contributed by atoms with van der Waals surface area (Å²) in [7, 11) is 0. The number of rotatable bonds is 4. The van der Waals surface area contributed by atoms with Crippen LogP contribution >= 0.6 is 15.9 Å². The zero-order valence-electron chi connectivity index (χ0n) is 8.11. The molecule has 0 aliphatic rings. The number of carbonyl (C=O) groups is 1. The third-order valence-electron chi connectivity index (χ3n) is 1.91. The number of carbonyl (C=O) groups excluding carboxylic acids is 1. The molecule has 0 saturated carbocycles. The Labute approximate surface area is 96.6 Å². The molecule has 0 bridgehead atoms. The van der Waals surface area contributed by atoms with Crippen LogP contribution in [0.3, 0.4) is 0 Å². The molecule has 0 spiro atoms. The quantitative estimate of drug-likeness (QED) is 0.742. The van der Waals surface area contributed by atoms with Crippen molar-refractivity contribution in [2.45, 2.75) is 12.6 Å². The number of halogens is 1. The SMILES string of the molecule is NCC(O)C(=O)NCc1ccc(Br)cc1. The molecule has 82 valence electrons. The van der Waals surface area contributed by atoms with Crippen molar-refractivity contribution in [1.29, 1.82) is 0 Å². The summed E-state index contributed by atoms with van der Waals surface area (Å²) in [5.41, 5.74) is 6.11. The van der Waals surface area contributed by atoms with Crippen LogP contribution in [0.4, 0.5) is 0 Å². The minimum absolute atomic E-state index is 0.0633. The van der Waals surface area contributed by atoms with E-state index in [0.717, 1.165) is 10.0 Å². The predicted octanol–water partition coefficient (Wildman–Crippen LogP) is 0.385. The fourth-order valence-corrected chi connectivity index (χ4v) is 1.28. The first-order chi connectivity index (χ1) is 7.13. The number of benzene rings is 1. The van der Waals surface area contributed by atoms with Crippen LogP contribution in [0.25, 0.3) is 0 Å². The topological polar surface area (TPSA) is 75.3 Å². The van der Waals surface area contributed by atoms with Gasteiger partial charge in [-0.25, -0.2) is 0 Å². The van der Waals surface area contributed by atoms with Gasteiger partial charge >= 0.3 is 0 Å². The monoisotopic (exact) mass is 272 g/mol. The van der Waals surface area contributed by atoms with Crippen molar-refractivity contribution in [2.24, 2.45) is 5.73 Å². The van der Waals surface area contributed by atoms with Crippen LogP contribution in [0.1, 0.15) is 5.56 Å². The lowest BCUT2D eigenvalue weighted by molar-refractivity contribution is -0.128. The second-order valence-electron chi connectivity index (χ2n) is 3.10. The largest absolute Gasteiger partial charge is 0.382 e. The molecule has 15 heavy (non-hydrogen) atoms. The van der Waals surface area contributed by atoms with Crippen LogP contribution in [0.2, 0.25) is 0 Å². The first kappa shape index (κ1) is 12.2. The first-order valence-electron chi connectivity index (χ1n) is 4.53. The molecule has 0 saturated heterocycles. The van der Waals surface area contributed by atoms with Crippen LogP contribution in [0.15, 0.2) is 28.7 Å². The highest BCUT2D eigenvalue weighted by Crippen LogP contribution is 2.10. The van der Waals surface area contributed by atoms with Gasteiger partial charge in [-0.2, -0.15) is 0 Å². The molecule has 1 unspecified atom stereocenters. The van der Waals surface area contributed by atoms with Crippen molar-refractivity contribution in [2.75, 3.05) is 6.54 Å². The number of nitrogens with one attached hydrogen (secondary N) is 1. The van der Waals surface area contributed by atoms with E-state index in [2.05, 4.69) is 21.2 Å². The highest BCUT2D eigenvalue weighted by atomic mass is 79.9. The van der Waals surface area contributed by atoms with E-state index in [4.69, 9.17) is 10.8 Å². The second-order valence-corrected chi connectivity index (χ2v) is 4.01. The summed E-state index contributed by atoms with van der Waals surface area (Å²) >= 11 is 3.32. The van der Waals surface area contributed by atoms with Gasteiger partial charge in [0.2, 0.25) is 5.91 Å². The summed E-state index contributed by atoms with van der Waals surface area (Å²) in [6, 6.07) is 7.56. The van der Waals surface area contributed by atoms with E-state index in [9.17, 15) is 4.79 Å². The van der Waals surface area contributed by atoms with Gasteiger partial charge in [-0.1, -0.05) is 28.1 Å². The Bertz CT molecular complexity index is 327. The van der Waals surface area contributed by atoms with Gasteiger partial charge in [0.05, 0.1) is 0 Å². The number of hydrogen-bond donors (Lipinski definition) is 3. The van der Waals surface area contributed by atoms with Crippen molar-refractivity contribution in [1.82, 2.24) is 5.32 Å². The summed E-state index contributed by atoms with van der Waals surface area (Å²) in [5.74, 6) is -0.444. The van der Waals surface area contributed by atoms with Crippen molar-refractivity contribution >= 4 is 21.8 Å². The Balaban J connectivity index is 2.43. The summed E-state index contributed by atoms with van der Waals surface area (Å²) in [5, 5.41) is 11.7. The molecule has 4 N–H and O–H groups in total. The molecular formula is C10H13BrN2O2. The Kier molecular flexibility index (Phi) is 4.74. The summed E-state index contributed by atoms with van der Waals surface area (Å²) < 4.78 is 0.986. The smallest absolute Gasteiger partial charge is 0.250 e. The van der Waals surface area contributed by atoms with Crippen LogP contribution in [-0.2, 0) is 11.3 Å². The average Bonchev–Trinajstić information content (AvgIpc) is 2.26. The summed E-state index contributed by atoms with van der Waals surface area (Å²) in [6.45, 7) is 0.329. The lowest BCUT2D eigenvalue weighted by Gasteiger charge is -2.09. The van der Waals surface area contributed by atoms with Crippen LogP contribution in [0, 0.1) is 0 Å². The van der Waals surface area contributed by atoms with E-state index in [1.807, 2.05) is 24.3 Å². The molecule has 0 aliphatic carbocycles. The molecule has 4 nitrogen and oxygen atoms in total. The molecule has 0 aromatic heterocycles. The minimum Gasteiger partial charge on any atom is -0.382 e. The average molecular weight is 273 g/mol. The van der Waals surface area contributed by atoms with Crippen molar-refractivity contribution in [3.63, 3.8) is 0 Å². The Morgan fingerprint density at radius 3 is 2.60 bits per heavy atom. The van der Waals surface area contributed by atoms with E-state index in [1.54, 1.807) is 0 Å². The van der Waals surface area contributed by atoms with E-state index >= 15 is 0 Å². The van der Waals surface area contributed by atoms with Crippen molar-refractivity contribution in [3.8, 4) is 0 Å². The van der Waals surface area contributed by atoms with Gasteiger partial charge in [0, 0.05) is 17.6 Å². The molecule has 5 heteroatoms. The third kappa shape index (κ3) is 3.99. The molecule has 0 fully saturated rings. The Morgan fingerprint density at radius 2 is 2.07 bits per heavy atom. The van der Waals surface area contributed by atoms with Crippen LogP contribution in [0.5, 0.6) is 0 Å². The fourth-order valence-electron chi connectivity index (χ4n) is 1.02. The molecule has 1 aromatic rings. The number of nitrogens with two attached hydrogens (primary N) is 1. The van der Waals surface area contributed by atoms with Gasteiger partial charge < -0.3 is 16.2 Å². The van der Waals surface area contributed by atoms with Crippen LogP contribution in [-0.4, -0.2) is 23.7 Å². The van der Waals surface area contributed by atoms with Gasteiger partial charge in [-0.05, 0) is 17.7 Å². The Hall–Kier alpha value is -0.910. The second kappa shape index (κ2) is 5.85. The van der Waals surface area contributed by atoms with Crippen LogP contribution < -0.4 is 11.1 Å². The number of aliphatic hydroxyl groups is 1. The standard InChI is InChI=1S/C10H13BrN2O2/c11-8-3-1-7(2-4-8)6-13-10(15)9(14)5-12/h1-4,9,14H,5-6,12H2,(H,13,15). The lowest BCUT2D eigenvalue weighted by atomic mass is 10.2. The van der Waals surface area contributed by atoms with Gasteiger partial charge in [-0.3, -0.25) is 4.79 Å². The van der Waals surface area contributed by atoms with Gasteiger partial charge in [0.25, 0.3) is 0 Å². The number of amides is 1. The fraction of sp³-hybridized carbons (Fsp3) is 0.300. The maximum atomic E-state index is 11.2. The van der Waals surface area contributed by atoms with E-state index in [0.29, 0.717) is 6.54 Å². The molecule has 1 rings (SSSR count). The maximum Gasteiger partial charge on any atom is 0.250 e. The third-order valence-corrected chi connectivity index (χ3v) is 2.43. The van der Waals surface area contributed by atoms with E-state index in [-0.39, 0.29) is 6.54 Å². The first-order valence-corrected chi connectivity index (χ1v) is 5.33. The summed E-state index contributed by atoms with van der Waals surface area (Å²) in [4.78, 5) is 11.2. The van der Waals surface area contributed by atoms with Crippen molar-refractivity contribution in [3.05, 3.63) is 34.3 Å². The highest BCUT2D eigenvalue weighted by Gasteiger charge is 2.11.